The van der Waals surface area contributed by atoms with Crippen molar-refractivity contribution in [2.75, 3.05) is 39.6 Å². The number of carbonyl (C=O) groups is 4. The average molecular weight is 1410 g/mol. The lowest BCUT2D eigenvalue weighted by Gasteiger charge is -2.21. The van der Waals surface area contributed by atoms with Crippen molar-refractivity contribution in [3.05, 3.63) is 0 Å². The van der Waals surface area contributed by atoms with Gasteiger partial charge in [0.15, 0.2) is 12.2 Å². The molecule has 0 aromatic rings. The molecule has 0 heterocycles. The minimum atomic E-state index is -4.96. The van der Waals surface area contributed by atoms with E-state index in [0.717, 1.165) is 114 Å². The number of hydrogen-bond acceptors (Lipinski definition) is 15. The van der Waals surface area contributed by atoms with Gasteiger partial charge in [0.25, 0.3) is 0 Å². The zero-order valence-electron chi connectivity index (χ0n) is 63.0. The Bertz CT molecular complexity index is 1880. The third kappa shape index (κ3) is 70.5. The quantitative estimate of drug-likeness (QED) is 0.0222. The van der Waals surface area contributed by atoms with Crippen LogP contribution in [0, 0.1) is 23.7 Å². The smallest absolute Gasteiger partial charge is 0.462 e. The molecule has 0 aromatic heterocycles. The number of phosphoric ester groups is 2. The maximum absolute atomic E-state index is 13.1. The largest absolute Gasteiger partial charge is 0.472 e. The van der Waals surface area contributed by atoms with E-state index in [-0.39, 0.29) is 25.7 Å². The fourth-order valence-electron chi connectivity index (χ4n) is 11.7. The first-order chi connectivity index (χ1) is 46.1. The second kappa shape index (κ2) is 66.3. The Morgan fingerprint density at radius 3 is 0.646 bits per heavy atom. The highest BCUT2D eigenvalue weighted by molar-refractivity contribution is 7.47. The summed E-state index contributed by atoms with van der Waals surface area (Å²) in [6.07, 6.45) is 51.4. The molecule has 0 aliphatic rings. The van der Waals surface area contributed by atoms with Gasteiger partial charge in [-0.05, 0) is 49.4 Å². The maximum Gasteiger partial charge on any atom is 0.472 e. The number of unbranched alkanes of at least 4 members (excludes halogenated alkanes) is 40. The Balaban J connectivity index is 5.26. The number of ether oxygens (including phenoxy) is 4. The molecule has 0 saturated heterocycles. The summed E-state index contributed by atoms with van der Waals surface area (Å²) in [4.78, 5) is 72.9. The van der Waals surface area contributed by atoms with Crippen molar-refractivity contribution in [3.63, 3.8) is 0 Å². The molecule has 0 aliphatic heterocycles. The Morgan fingerprint density at radius 1 is 0.260 bits per heavy atom. The van der Waals surface area contributed by atoms with E-state index in [0.29, 0.717) is 25.7 Å². The number of esters is 4. The summed E-state index contributed by atoms with van der Waals surface area (Å²) in [5, 5.41) is 10.6. The molecule has 0 spiro atoms. The summed E-state index contributed by atoms with van der Waals surface area (Å²) in [6, 6.07) is 0. The molecular formula is C77H150O17P2. The van der Waals surface area contributed by atoms with E-state index in [1.165, 1.54) is 193 Å². The van der Waals surface area contributed by atoms with Crippen LogP contribution in [0.1, 0.15) is 389 Å². The first-order valence-corrected chi connectivity index (χ1v) is 42.7. The van der Waals surface area contributed by atoms with Crippen molar-refractivity contribution in [1.29, 1.82) is 0 Å². The molecule has 19 heteroatoms. The number of aliphatic hydroxyl groups is 1. The van der Waals surface area contributed by atoms with E-state index < -0.39 is 97.5 Å². The summed E-state index contributed by atoms with van der Waals surface area (Å²) >= 11 is 0. The standard InChI is InChI=1S/C77H150O17P2/c1-67(2)53-45-37-29-21-16-12-9-10-14-19-25-35-43-51-59-76(81)93-72(63-87-74(79)57-49-41-33-24-18-15-11-13-17-22-30-38-46-54-68(3)4)65-91-95(83,84)89-61-71(78)62-90-96(85,86)92-66-73(64-88-75(80)58-50-42-34-28-27-32-40-48-56-70(7)8)94-77(82)60-52-44-36-26-20-23-31-39-47-55-69(5)6/h67-73,78H,9-66H2,1-8H3,(H,83,84)(H,85,86)/t71?,72-,73-/m1/s1. The van der Waals surface area contributed by atoms with Crippen LogP contribution in [0.25, 0.3) is 0 Å². The maximum atomic E-state index is 13.1. The second-order valence-electron chi connectivity index (χ2n) is 29.7. The summed E-state index contributed by atoms with van der Waals surface area (Å²) < 4.78 is 68.6. The van der Waals surface area contributed by atoms with Crippen molar-refractivity contribution in [1.82, 2.24) is 0 Å². The zero-order chi connectivity index (χ0) is 71.0. The third-order valence-electron chi connectivity index (χ3n) is 17.8. The van der Waals surface area contributed by atoms with Gasteiger partial charge < -0.3 is 33.8 Å². The highest BCUT2D eigenvalue weighted by Crippen LogP contribution is 2.45. The molecule has 570 valence electrons. The zero-order valence-corrected chi connectivity index (χ0v) is 64.8. The van der Waals surface area contributed by atoms with Gasteiger partial charge in [-0.1, -0.05) is 338 Å². The first kappa shape index (κ1) is 94.1. The van der Waals surface area contributed by atoms with Gasteiger partial charge in [-0.15, -0.1) is 0 Å². The second-order valence-corrected chi connectivity index (χ2v) is 32.6. The van der Waals surface area contributed by atoms with Gasteiger partial charge in [-0.2, -0.15) is 0 Å². The predicted molar refractivity (Wildman–Crippen MR) is 391 cm³/mol. The lowest BCUT2D eigenvalue weighted by molar-refractivity contribution is -0.161. The minimum absolute atomic E-state index is 0.104. The van der Waals surface area contributed by atoms with Crippen molar-refractivity contribution in [2.45, 2.75) is 408 Å². The van der Waals surface area contributed by atoms with Crippen LogP contribution in [0.2, 0.25) is 0 Å². The number of rotatable bonds is 74. The van der Waals surface area contributed by atoms with Crippen LogP contribution in [0.5, 0.6) is 0 Å². The molecular weight excluding hydrogens is 1260 g/mol. The Morgan fingerprint density at radius 2 is 0.438 bits per heavy atom. The average Bonchev–Trinajstić information content (AvgIpc) is 1.12. The van der Waals surface area contributed by atoms with Crippen LogP contribution in [-0.2, 0) is 65.4 Å². The van der Waals surface area contributed by atoms with E-state index >= 15 is 0 Å². The molecule has 3 N–H and O–H groups in total. The fraction of sp³-hybridized carbons (Fsp3) is 0.948. The van der Waals surface area contributed by atoms with Gasteiger partial charge in [0, 0.05) is 25.7 Å². The molecule has 0 aromatic carbocycles. The van der Waals surface area contributed by atoms with Crippen molar-refractivity contribution < 1.29 is 80.2 Å². The SMILES string of the molecule is CC(C)CCCCCCCCCCCCCCCCC(=O)O[C@H](COC(=O)CCCCCCCCCCCCCCCC(C)C)COP(=O)(O)OCC(O)COP(=O)(O)OC[C@@H](COC(=O)CCCCCCCCCCC(C)C)OC(=O)CCCCCCCCCCCC(C)C. The summed E-state index contributed by atoms with van der Waals surface area (Å²) in [5.74, 6) is 0.929. The monoisotopic (exact) mass is 1410 g/mol. The number of phosphoric acid groups is 2. The predicted octanol–water partition coefficient (Wildman–Crippen LogP) is 22.4. The van der Waals surface area contributed by atoms with E-state index in [2.05, 4.69) is 55.4 Å². The van der Waals surface area contributed by atoms with Crippen LogP contribution >= 0.6 is 15.6 Å². The van der Waals surface area contributed by atoms with Crippen LogP contribution in [0.3, 0.4) is 0 Å². The third-order valence-corrected chi connectivity index (χ3v) is 19.7. The molecule has 17 nitrogen and oxygen atoms in total. The Labute approximate surface area is 588 Å². The van der Waals surface area contributed by atoms with Gasteiger partial charge in [0.1, 0.15) is 19.3 Å². The molecule has 0 bridgehead atoms. The van der Waals surface area contributed by atoms with E-state index in [9.17, 15) is 43.2 Å². The number of carbonyl (C=O) groups excluding carboxylic acids is 4. The molecule has 0 rings (SSSR count). The lowest BCUT2D eigenvalue weighted by Crippen LogP contribution is -2.30. The molecule has 3 unspecified atom stereocenters. The van der Waals surface area contributed by atoms with Crippen molar-refractivity contribution in [2.24, 2.45) is 23.7 Å². The van der Waals surface area contributed by atoms with Gasteiger partial charge in [0.2, 0.25) is 0 Å². The molecule has 0 saturated carbocycles. The summed E-state index contributed by atoms with van der Waals surface area (Å²) in [7, 11) is -9.92. The first-order valence-electron chi connectivity index (χ1n) is 39.7. The lowest BCUT2D eigenvalue weighted by atomic mass is 10.0. The van der Waals surface area contributed by atoms with Gasteiger partial charge in [-0.25, -0.2) is 9.13 Å². The van der Waals surface area contributed by atoms with E-state index in [1.807, 2.05) is 0 Å². The molecule has 0 radical (unpaired) electrons. The van der Waals surface area contributed by atoms with Crippen LogP contribution < -0.4 is 0 Å². The van der Waals surface area contributed by atoms with Crippen molar-refractivity contribution >= 4 is 39.5 Å². The van der Waals surface area contributed by atoms with E-state index in [1.54, 1.807) is 0 Å². The molecule has 0 amide bonds. The van der Waals surface area contributed by atoms with Crippen molar-refractivity contribution in [3.8, 4) is 0 Å². The molecule has 0 fully saturated rings. The Kier molecular flexibility index (Phi) is 65.0. The van der Waals surface area contributed by atoms with Gasteiger partial charge in [-0.3, -0.25) is 37.3 Å². The number of hydrogen-bond donors (Lipinski definition) is 3. The highest BCUT2D eigenvalue weighted by Gasteiger charge is 2.30. The summed E-state index contributed by atoms with van der Waals surface area (Å²) in [6.45, 7) is 14.2. The van der Waals surface area contributed by atoms with Gasteiger partial charge in [0.05, 0.1) is 26.4 Å². The molecule has 96 heavy (non-hydrogen) atoms. The summed E-state index contributed by atoms with van der Waals surface area (Å²) in [5.41, 5.74) is 0. The van der Waals surface area contributed by atoms with E-state index in [4.69, 9.17) is 37.0 Å². The minimum Gasteiger partial charge on any atom is -0.462 e. The molecule has 0 aliphatic carbocycles. The highest BCUT2D eigenvalue weighted by atomic mass is 31.2. The topological polar surface area (TPSA) is 237 Å². The molecule has 5 atom stereocenters. The Hall–Kier alpha value is -1.94. The van der Waals surface area contributed by atoms with Gasteiger partial charge >= 0.3 is 39.5 Å². The number of aliphatic hydroxyl groups excluding tert-OH is 1. The fourth-order valence-corrected chi connectivity index (χ4v) is 13.3. The van der Waals surface area contributed by atoms with Crippen LogP contribution in [0.15, 0.2) is 0 Å². The normalized spacial score (nSPS) is 14.1. The van der Waals surface area contributed by atoms with Crippen LogP contribution in [-0.4, -0.2) is 96.7 Å². The van der Waals surface area contributed by atoms with Crippen LogP contribution in [0.4, 0.5) is 0 Å².